The summed E-state index contributed by atoms with van der Waals surface area (Å²) in [5.41, 5.74) is 0.850. The van der Waals surface area contributed by atoms with Gasteiger partial charge in [-0.1, -0.05) is 63.4 Å². The van der Waals surface area contributed by atoms with Crippen molar-refractivity contribution in [1.82, 2.24) is 5.32 Å². The van der Waals surface area contributed by atoms with Gasteiger partial charge in [0, 0.05) is 6.54 Å². The molecule has 1 amide bonds. The molecule has 0 saturated heterocycles. The molecule has 19 heavy (non-hydrogen) atoms. The van der Waals surface area contributed by atoms with E-state index in [0.717, 1.165) is 18.5 Å². The molecule has 0 fully saturated rings. The molecule has 2 unspecified atom stereocenters. The van der Waals surface area contributed by atoms with E-state index in [1.807, 2.05) is 30.3 Å². The summed E-state index contributed by atoms with van der Waals surface area (Å²) in [6.45, 7) is 5.09. The van der Waals surface area contributed by atoms with Crippen LogP contribution < -0.4 is 5.32 Å². The highest BCUT2D eigenvalue weighted by atomic mass is 35.5. The Kier molecular flexibility index (Phi) is 7.57. The lowest BCUT2D eigenvalue weighted by Crippen LogP contribution is -2.31. The molecular weight excluding hydrogens is 258 g/mol. The van der Waals surface area contributed by atoms with Crippen molar-refractivity contribution in [3.8, 4) is 0 Å². The van der Waals surface area contributed by atoms with Gasteiger partial charge < -0.3 is 5.32 Å². The zero-order chi connectivity index (χ0) is 14.1. The molecule has 0 radical (unpaired) electrons. The number of unbranched alkanes of at least 4 members (excludes halogenated alkanes) is 1. The van der Waals surface area contributed by atoms with Gasteiger partial charge in [0.15, 0.2) is 0 Å². The summed E-state index contributed by atoms with van der Waals surface area (Å²) in [5.74, 6) is 0.464. The van der Waals surface area contributed by atoms with E-state index < -0.39 is 5.38 Å². The average Bonchev–Trinajstić information content (AvgIpc) is 2.47. The van der Waals surface area contributed by atoms with Gasteiger partial charge in [0.2, 0.25) is 5.91 Å². The maximum atomic E-state index is 12.0. The first-order chi connectivity index (χ1) is 9.19. The molecule has 1 N–H and O–H groups in total. The SMILES string of the molecule is CCCCC(CC)CNC(=O)C(Cl)c1ccccc1. The third-order valence-electron chi connectivity index (χ3n) is 3.43. The smallest absolute Gasteiger partial charge is 0.242 e. The van der Waals surface area contributed by atoms with E-state index >= 15 is 0 Å². The van der Waals surface area contributed by atoms with Crippen LogP contribution in [0.15, 0.2) is 30.3 Å². The van der Waals surface area contributed by atoms with Crippen molar-refractivity contribution in [3.05, 3.63) is 35.9 Å². The summed E-state index contributed by atoms with van der Waals surface area (Å²) in [6.07, 6.45) is 4.69. The van der Waals surface area contributed by atoms with Crippen molar-refractivity contribution in [2.24, 2.45) is 5.92 Å². The molecule has 0 aliphatic heterocycles. The Labute approximate surface area is 121 Å². The molecule has 0 aliphatic rings. The Bertz CT molecular complexity index is 366. The van der Waals surface area contributed by atoms with Gasteiger partial charge in [0.05, 0.1) is 0 Å². The second-order valence-corrected chi connectivity index (χ2v) is 5.37. The van der Waals surface area contributed by atoms with Crippen LogP contribution in [0, 0.1) is 5.92 Å². The lowest BCUT2D eigenvalue weighted by molar-refractivity contribution is -0.121. The molecule has 1 rings (SSSR count). The number of hydrogen-bond acceptors (Lipinski definition) is 1. The fourth-order valence-electron chi connectivity index (χ4n) is 2.05. The molecule has 2 nitrogen and oxygen atoms in total. The number of nitrogens with one attached hydrogen (secondary N) is 1. The largest absolute Gasteiger partial charge is 0.354 e. The van der Waals surface area contributed by atoms with Crippen LogP contribution in [0.2, 0.25) is 0 Å². The minimum absolute atomic E-state index is 0.0946. The number of alkyl halides is 1. The maximum Gasteiger partial charge on any atom is 0.242 e. The van der Waals surface area contributed by atoms with Crippen LogP contribution in [0.4, 0.5) is 0 Å². The normalized spacial score (nSPS) is 13.8. The highest BCUT2D eigenvalue weighted by molar-refractivity contribution is 6.30. The fourth-order valence-corrected chi connectivity index (χ4v) is 2.27. The number of rotatable bonds is 8. The molecule has 1 aromatic carbocycles. The number of carbonyl (C=O) groups excluding carboxylic acids is 1. The highest BCUT2D eigenvalue weighted by Crippen LogP contribution is 2.20. The second-order valence-electron chi connectivity index (χ2n) is 4.93. The number of benzene rings is 1. The fraction of sp³-hybridized carbons (Fsp3) is 0.562. The van der Waals surface area contributed by atoms with E-state index in [9.17, 15) is 4.79 Å². The monoisotopic (exact) mass is 281 g/mol. The third-order valence-corrected chi connectivity index (χ3v) is 3.88. The third kappa shape index (κ3) is 5.65. The van der Waals surface area contributed by atoms with Crippen LogP contribution >= 0.6 is 11.6 Å². The molecule has 0 spiro atoms. The zero-order valence-corrected chi connectivity index (χ0v) is 12.6. The second kappa shape index (κ2) is 8.98. The molecule has 0 aromatic heterocycles. The van der Waals surface area contributed by atoms with Crippen molar-refractivity contribution in [3.63, 3.8) is 0 Å². The lowest BCUT2D eigenvalue weighted by Gasteiger charge is -2.17. The molecule has 1 aromatic rings. The lowest BCUT2D eigenvalue weighted by atomic mass is 9.99. The van der Waals surface area contributed by atoms with Crippen molar-refractivity contribution in [1.29, 1.82) is 0 Å². The van der Waals surface area contributed by atoms with Crippen molar-refractivity contribution in [2.75, 3.05) is 6.54 Å². The Morgan fingerprint density at radius 2 is 1.95 bits per heavy atom. The van der Waals surface area contributed by atoms with Crippen molar-refractivity contribution >= 4 is 17.5 Å². The van der Waals surface area contributed by atoms with Gasteiger partial charge >= 0.3 is 0 Å². The number of hydrogen-bond donors (Lipinski definition) is 1. The number of amides is 1. The predicted octanol–water partition coefficient (Wildman–Crippen LogP) is 4.30. The first-order valence-corrected chi connectivity index (χ1v) is 7.59. The maximum absolute atomic E-state index is 12.0. The van der Waals surface area contributed by atoms with Gasteiger partial charge in [0.25, 0.3) is 0 Å². The summed E-state index contributed by atoms with van der Waals surface area (Å²) in [6, 6.07) is 9.47. The number of carbonyl (C=O) groups is 1. The minimum atomic E-state index is -0.593. The highest BCUT2D eigenvalue weighted by Gasteiger charge is 2.17. The minimum Gasteiger partial charge on any atom is -0.354 e. The van der Waals surface area contributed by atoms with Crippen LogP contribution in [0.3, 0.4) is 0 Å². The molecule has 2 atom stereocenters. The van der Waals surface area contributed by atoms with Gasteiger partial charge in [-0.2, -0.15) is 0 Å². The van der Waals surface area contributed by atoms with Gasteiger partial charge in [0.1, 0.15) is 5.38 Å². The van der Waals surface area contributed by atoms with E-state index in [4.69, 9.17) is 11.6 Å². The Morgan fingerprint density at radius 1 is 1.26 bits per heavy atom. The Hall–Kier alpha value is -1.02. The molecule has 0 heterocycles. The molecule has 0 aliphatic carbocycles. The van der Waals surface area contributed by atoms with Crippen LogP contribution in [0.1, 0.15) is 50.5 Å². The van der Waals surface area contributed by atoms with Crippen molar-refractivity contribution < 1.29 is 4.79 Å². The van der Waals surface area contributed by atoms with E-state index in [0.29, 0.717) is 5.92 Å². The standard InChI is InChI=1S/C16H24ClNO/c1-3-5-9-13(4-2)12-18-16(19)15(17)14-10-7-6-8-11-14/h6-8,10-11,13,15H,3-5,9,12H2,1-2H3,(H,18,19). The van der Waals surface area contributed by atoms with E-state index in [-0.39, 0.29) is 5.91 Å². The topological polar surface area (TPSA) is 29.1 Å². The Morgan fingerprint density at radius 3 is 2.53 bits per heavy atom. The Balaban J connectivity index is 2.42. The quantitative estimate of drug-likeness (QED) is 0.707. The van der Waals surface area contributed by atoms with Crippen LogP contribution in [0.5, 0.6) is 0 Å². The zero-order valence-electron chi connectivity index (χ0n) is 11.9. The van der Waals surface area contributed by atoms with Crippen LogP contribution in [-0.4, -0.2) is 12.5 Å². The van der Waals surface area contributed by atoms with E-state index in [1.165, 1.54) is 19.3 Å². The van der Waals surface area contributed by atoms with E-state index in [2.05, 4.69) is 19.2 Å². The molecular formula is C16H24ClNO. The summed E-state index contributed by atoms with van der Waals surface area (Å²) >= 11 is 6.18. The van der Waals surface area contributed by atoms with Crippen LogP contribution in [0.25, 0.3) is 0 Å². The first-order valence-electron chi connectivity index (χ1n) is 7.15. The summed E-state index contributed by atoms with van der Waals surface area (Å²) in [7, 11) is 0. The first kappa shape index (κ1) is 16.0. The molecule has 0 saturated carbocycles. The molecule has 3 heteroatoms. The predicted molar refractivity (Wildman–Crippen MR) is 81.4 cm³/mol. The summed E-state index contributed by atoms with van der Waals surface area (Å²) < 4.78 is 0. The number of halogens is 1. The summed E-state index contributed by atoms with van der Waals surface area (Å²) in [4.78, 5) is 12.0. The van der Waals surface area contributed by atoms with Crippen LogP contribution in [-0.2, 0) is 4.79 Å². The molecule has 0 bridgehead atoms. The average molecular weight is 282 g/mol. The van der Waals surface area contributed by atoms with Gasteiger partial charge in [-0.25, -0.2) is 0 Å². The van der Waals surface area contributed by atoms with E-state index in [1.54, 1.807) is 0 Å². The van der Waals surface area contributed by atoms with Gasteiger partial charge in [-0.3, -0.25) is 4.79 Å². The summed E-state index contributed by atoms with van der Waals surface area (Å²) in [5, 5.41) is 2.38. The van der Waals surface area contributed by atoms with Crippen molar-refractivity contribution in [2.45, 2.75) is 44.9 Å². The van der Waals surface area contributed by atoms with Gasteiger partial charge in [-0.05, 0) is 17.9 Å². The molecule has 106 valence electrons. The van der Waals surface area contributed by atoms with Gasteiger partial charge in [-0.15, -0.1) is 11.6 Å².